The highest BCUT2D eigenvalue weighted by atomic mass is 35.5. The number of ether oxygens (including phenoxy) is 1. The van der Waals surface area contributed by atoms with Gasteiger partial charge in [-0.1, -0.05) is 11.6 Å². The minimum Gasteiger partial charge on any atom is -0.435 e. The molecule has 3 heterocycles. The molecule has 0 aliphatic carbocycles. The molecule has 0 N–H and O–H groups in total. The van der Waals surface area contributed by atoms with E-state index in [-0.39, 0.29) is 23.0 Å². The van der Waals surface area contributed by atoms with Crippen molar-refractivity contribution in [1.82, 2.24) is 34.7 Å². The van der Waals surface area contributed by atoms with Crippen LogP contribution >= 0.6 is 11.6 Å². The van der Waals surface area contributed by atoms with Gasteiger partial charge in [0.05, 0.1) is 35.7 Å². The molecule has 0 spiro atoms. The summed E-state index contributed by atoms with van der Waals surface area (Å²) in [5.74, 6) is 0.347. The summed E-state index contributed by atoms with van der Waals surface area (Å²) in [7, 11) is 0. The molecule has 12 heteroatoms. The number of tetrazole rings is 1. The average Bonchev–Trinajstić information content (AvgIpc) is 3.13. The largest absolute Gasteiger partial charge is 0.435 e. The van der Waals surface area contributed by atoms with Gasteiger partial charge in [-0.2, -0.15) is 13.5 Å². The predicted octanol–water partition coefficient (Wildman–Crippen LogP) is 2.07. The van der Waals surface area contributed by atoms with Gasteiger partial charge in [0.1, 0.15) is 10.9 Å². The second kappa shape index (κ2) is 7.27. The Hall–Kier alpha value is -3.47. The molecule has 0 saturated heterocycles. The van der Waals surface area contributed by atoms with Gasteiger partial charge in [0.2, 0.25) is 0 Å². The molecule has 9 nitrogen and oxygen atoms in total. The van der Waals surface area contributed by atoms with Crippen LogP contribution in [0, 0.1) is 0 Å². The topological polar surface area (TPSA) is 101 Å². The van der Waals surface area contributed by atoms with Gasteiger partial charge in [0.15, 0.2) is 5.82 Å². The van der Waals surface area contributed by atoms with Gasteiger partial charge in [-0.3, -0.25) is 9.36 Å². The van der Waals surface area contributed by atoms with Gasteiger partial charge >= 0.3 is 6.61 Å². The molecule has 0 amide bonds. The maximum atomic E-state index is 12.7. The van der Waals surface area contributed by atoms with Crippen molar-refractivity contribution in [3.63, 3.8) is 0 Å². The van der Waals surface area contributed by atoms with Crippen molar-refractivity contribution in [3.8, 4) is 11.4 Å². The molecule has 0 radical (unpaired) electrons. The van der Waals surface area contributed by atoms with E-state index in [1.807, 2.05) is 0 Å². The summed E-state index contributed by atoms with van der Waals surface area (Å²) in [6.07, 6.45) is 2.77. The van der Waals surface area contributed by atoms with Crippen LogP contribution in [0.2, 0.25) is 5.15 Å². The highest BCUT2D eigenvalue weighted by Gasteiger charge is 2.13. The van der Waals surface area contributed by atoms with E-state index in [9.17, 15) is 13.6 Å². The fourth-order valence-corrected chi connectivity index (χ4v) is 2.73. The van der Waals surface area contributed by atoms with Gasteiger partial charge in [0, 0.05) is 0 Å². The number of hydrogen-bond donors (Lipinski definition) is 0. The smallest absolute Gasteiger partial charge is 0.387 e. The summed E-state index contributed by atoms with van der Waals surface area (Å²) in [4.78, 5) is 20.7. The van der Waals surface area contributed by atoms with E-state index >= 15 is 0 Å². The van der Waals surface area contributed by atoms with Gasteiger partial charge in [-0.15, -0.1) is 5.10 Å². The third-order valence-electron chi connectivity index (χ3n) is 3.83. The molecule has 0 bridgehead atoms. The predicted molar refractivity (Wildman–Crippen MR) is 93.7 cm³/mol. The zero-order valence-corrected chi connectivity index (χ0v) is 14.7. The molecule has 0 atom stereocenters. The van der Waals surface area contributed by atoms with E-state index in [4.69, 9.17) is 11.6 Å². The van der Waals surface area contributed by atoms with Crippen LogP contribution in [-0.2, 0) is 6.54 Å². The molecule has 142 valence electrons. The summed E-state index contributed by atoms with van der Waals surface area (Å²) >= 11 is 5.85. The third-order valence-corrected chi connectivity index (χ3v) is 4.04. The third kappa shape index (κ3) is 3.51. The van der Waals surface area contributed by atoms with E-state index in [1.165, 1.54) is 52.1 Å². The van der Waals surface area contributed by atoms with Gasteiger partial charge in [-0.05, 0) is 40.8 Å². The molecule has 0 aliphatic rings. The highest BCUT2D eigenvalue weighted by Crippen LogP contribution is 2.18. The van der Waals surface area contributed by atoms with Crippen LogP contribution in [0.25, 0.3) is 16.6 Å². The van der Waals surface area contributed by atoms with Crippen LogP contribution in [0.5, 0.6) is 5.75 Å². The van der Waals surface area contributed by atoms with E-state index in [2.05, 4.69) is 30.2 Å². The van der Waals surface area contributed by atoms with Crippen molar-refractivity contribution < 1.29 is 13.5 Å². The number of alkyl halides is 2. The lowest BCUT2D eigenvalue weighted by Crippen LogP contribution is -2.23. The molecule has 1 aromatic carbocycles. The first kappa shape index (κ1) is 17.9. The molecular formula is C16H10ClF2N7O2. The van der Waals surface area contributed by atoms with Crippen LogP contribution in [0.1, 0.15) is 5.82 Å². The molecule has 28 heavy (non-hydrogen) atoms. The molecule has 0 aliphatic heterocycles. The lowest BCUT2D eigenvalue weighted by atomic mass is 10.3. The molecule has 0 saturated carbocycles. The zero-order chi connectivity index (χ0) is 19.7. The molecular weight excluding hydrogens is 396 g/mol. The van der Waals surface area contributed by atoms with E-state index in [0.29, 0.717) is 22.4 Å². The van der Waals surface area contributed by atoms with E-state index in [1.54, 1.807) is 0 Å². The lowest BCUT2D eigenvalue weighted by molar-refractivity contribution is -0.0498. The van der Waals surface area contributed by atoms with Crippen molar-refractivity contribution in [2.75, 3.05) is 0 Å². The Morgan fingerprint density at radius 3 is 2.71 bits per heavy atom. The number of hydrogen-bond acceptors (Lipinski definition) is 7. The maximum absolute atomic E-state index is 12.7. The number of nitrogens with zero attached hydrogens (tertiary/aromatic N) is 7. The molecule has 4 rings (SSSR count). The lowest BCUT2D eigenvalue weighted by Gasteiger charge is -2.09. The maximum Gasteiger partial charge on any atom is 0.387 e. The molecule has 4 aromatic rings. The standard InChI is InChI=1S/C16H10ClF2N7O2/c17-13-5-11-12(6-20-13)21-8-25(15(11)27)7-14-22-23-24-26(14)9-1-3-10(4-2-9)28-16(18)19/h1-6,8,16H,7H2. The molecule has 0 unspecified atom stereocenters. The number of benzene rings is 1. The fourth-order valence-electron chi connectivity index (χ4n) is 2.57. The highest BCUT2D eigenvalue weighted by molar-refractivity contribution is 6.30. The first-order chi connectivity index (χ1) is 13.5. The Morgan fingerprint density at radius 1 is 1.18 bits per heavy atom. The Labute approximate surface area is 160 Å². The van der Waals surface area contributed by atoms with Gasteiger partial charge in [-0.25, -0.2) is 9.97 Å². The van der Waals surface area contributed by atoms with Crippen LogP contribution in [0.3, 0.4) is 0 Å². The van der Waals surface area contributed by atoms with Gasteiger partial charge in [0.25, 0.3) is 5.56 Å². The quantitative estimate of drug-likeness (QED) is 0.468. The summed E-state index contributed by atoms with van der Waals surface area (Å²) in [6, 6.07) is 7.21. The second-order valence-corrected chi connectivity index (χ2v) is 5.97. The molecule has 0 fully saturated rings. The first-order valence-electron chi connectivity index (χ1n) is 7.84. The van der Waals surface area contributed by atoms with Crippen LogP contribution in [0.15, 0.2) is 47.7 Å². The zero-order valence-electron chi connectivity index (χ0n) is 13.9. The number of pyridine rings is 1. The first-order valence-corrected chi connectivity index (χ1v) is 8.22. The van der Waals surface area contributed by atoms with Crippen molar-refractivity contribution in [1.29, 1.82) is 0 Å². The van der Waals surface area contributed by atoms with Crippen molar-refractivity contribution in [3.05, 3.63) is 64.2 Å². The van der Waals surface area contributed by atoms with Gasteiger partial charge < -0.3 is 4.74 Å². The number of halogens is 3. The van der Waals surface area contributed by atoms with Crippen molar-refractivity contribution in [2.24, 2.45) is 0 Å². The van der Waals surface area contributed by atoms with Crippen LogP contribution < -0.4 is 10.3 Å². The van der Waals surface area contributed by atoms with Crippen molar-refractivity contribution >= 4 is 22.5 Å². The fraction of sp³-hybridized carbons (Fsp3) is 0.125. The SMILES string of the molecule is O=c1c2cc(Cl)ncc2ncn1Cc1nnnn1-c1ccc(OC(F)F)cc1. The average molecular weight is 406 g/mol. The Kier molecular flexibility index (Phi) is 4.65. The Bertz CT molecular complexity index is 1190. The summed E-state index contributed by atoms with van der Waals surface area (Å²) < 4.78 is 31.5. The number of aromatic nitrogens is 7. The minimum atomic E-state index is -2.91. The van der Waals surface area contributed by atoms with Crippen molar-refractivity contribution in [2.45, 2.75) is 13.2 Å². The minimum absolute atomic E-state index is 0.00816. The van der Waals surface area contributed by atoms with E-state index < -0.39 is 6.61 Å². The van der Waals surface area contributed by atoms with E-state index in [0.717, 1.165) is 0 Å². The summed E-state index contributed by atoms with van der Waals surface area (Å²) in [6.45, 7) is -2.88. The number of fused-ring (bicyclic) bond motifs is 1. The normalized spacial score (nSPS) is 11.3. The Balaban J connectivity index is 1.66. The monoisotopic (exact) mass is 405 g/mol. The number of rotatable bonds is 5. The summed E-state index contributed by atoms with van der Waals surface area (Å²) in [5, 5.41) is 11.9. The summed E-state index contributed by atoms with van der Waals surface area (Å²) in [5.41, 5.74) is 0.597. The van der Waals surface area contributed by atoms with Crippen LogP contribution in [-0.4, -0.2) is 41.4 Å². The second-order valence-electron chi connectivity index (χ2n) is 5.58. The Morgan fingerprint density at radius 2 is 1.96 bits per heavy atom. The molecule has 3 aromatic heterocycles. The van der Waals surface area contributed by atoms with Crippen LogP contribution in [0.4, 0.5) is 8.78 Å².